The molecule has 0 unspecified atom stereocenters. The Morgan fingerprint density at radius 3 is 2.43 bits per heavy atom. The maximum atomic E-state index is 12.9. The van der Waals surface area contributed by atoms with Gasteiger partial charge in [0, 0.05) is 37.9 Å². The molecule has 1 aliphatic heterocycles. The second-order valence-electron chi connectivity index (χ2n) is 6.71. The quantitative estimate of drug-likeness (QED) is 0.694. The number of benzene rings is 2. The van der Waals surface area contributed by atoms with Gasteiger partial charge >= 0.3 is 6.18 Å². The van der Waals surface area contributed by atoms with E-state index in [1.54, 1.807) is 41.3 Å². The zero-order chi connectivity index (χ0) is 21.6. The lowest BCUT2D eigenvalue weighted by molar-refractivity contribution is -0.137. The smallest absolute Gasteiger partial charge is 0.416 e. The average Bonchev–Trinajstić information content (AvgIpc) is 2.76. The average molecular weight is 415 g/mol. The van der Waals surface area contributed by atoms with Gasteiger partial charge in [-0.15, -0.1) is 0 Å². The Labute approximate surface area is 172 Å². The summed E-state index contributed by atoms with van der Waals surface area (Å²) in [6.45, 7) is 1.76. The lowest BCUT2D eigenvalue weighted by Crippen LogP contribution is -2.48. The third-order valence-electron chi connectivity index (χ3n) is 4.73. The summed E-state index contributed by atoms with van der Waals surface area (Å²) in [5, 5.41) is 8.50. The Morgan fingerprint density at radius 1 is 1.10 bits per heavy atom. The number of alkyl halides is 3. The summed E-state index contributed by atoms with van der Waals surface area (Å²) in [4.78, 5) is 15.9. The number of nitriles is 1. The predicted molar refractivity (Wildman–Crippen MR) is 107 cm³/mol. The molecule has 1 heterocycles. The number of anilines is 1. The van der Waals surface area contributed by atoms with E-state index < -0.39 is 11.7 Å². The van der Waals surface area contributed by atoms with Gasteiger partial charge in [-0.05, 0) is 42.0 Å². The lowest BCUT2D eigenvalue weighted by atomic mass is 10.1. The fourth-order valence-electron chi connectivity index (χ4n) is 3.13. The van der Waals surface area contributed by atoms with Crippen molar-refractivity contribution in [2.75, 3.05) is 37.7 Å². The summed E-state index contributed by atoms with van der Waals surface area (Å²) in [5.41, 5.74) is 0.645. The van der Waals surface area contributed by atoms with Crippen LogP contribution in [0.4, 0.5) is 18.9 Å². The van der Waals surface area contributed by atoms with E-state index in [4.69, 9.17) is 10.00 Å². The number of amides is 1. The number of hydrogen-bond acceptors (Lipinski definition) is 4. The predicted octanol–water partition coefficient (Wildman–Crippen LogP) is 3.97. The van der Waals surface area contributed by atoms with Crippen molar-refractivity contribution in [2.45, 2.75) is 6.18 Å². The SMILES string of the molecule is N#CCOc1ccc(/C=C/C(=O)N2CCN(c3cccc(C(F)(F)F)c3)CC2)cc1. The van der Waals surface area contributed by atoms with Crippen LogP contribution in [-0.2, 0) is 11.0 Å². The maximum Gasteiger partial charge on any atom is 0.416 e. The first kappa shape index (κ1) is 21.2. The monoisotopic (exact) mass is 415 g/mol. The van der Waals surface area contributed by atoms with Crippen LogP contribution in [0.3, 0.4) is 0 Å². The van der Waals surface area contributed by atoms with Gasteiger partial charge in [0.15, 0.2) is 6.61 Å². The largest absolute Gasteiger partial charge is 0.479 e. The molecule has 3 rings (SSSR count). The van der Waals surface area contributed by atoms with E-state index >= 15 is 0 Å². The topological polar surface area (TPSA) is 56.6 Å². The van der Waals surface area contributed by atoms with Crippen LogP contribution in [-0.4, -0.2) is 43.6 Å². The van der Waals surface area contributed by atoms with Crippen LogP contribution in [0.25, 0.3) is 6.08 Å². The molecule has 1 amide bonds. The van der Waals surface area contributed by atoms with E-state index in [0.717, 1.165) is 17.7 Å². The number of piperazine rings is 1. The number of ether oxygens (including phenoxy) is 1. The number of halogens is 3. The van der Waals surface area contributed by atoms with Crippen LogP contribution in [0.5, 0.6) is 5.75 Å². The molecule has 8 heteroatoms. The summed E-state index contributed by atoms with van der Waals surface area (Å²) in [7, 11) is 0. The molecule has 5 nitrogen and oxygen atoms in total. The number of carbonyl (C=O) groups excluding carboxylic acids is 1. The molecular formula is C22H20F3N3O2. The molecule has 0 atom stereocenters. The van der Waals surface area contributed by atoms with Gasteiger partial charge in [0.2, 0.25) is 5.91 Å². The zero-order valence-electron chi connectivity index (χ0n) is 16.1. The molecule has 2 aromatic carbocycles. The molecule has 1 fully saturated rings. The molecule has 0 aromatic heterocycles. The Hall–Kier alpha value is -3.47. The third-order valence-corrected chi connectivity index (χ3v) is 4.73. The van der Waals surface area contributed by atoms with Crippen molar-refractivity contribution in [2.24, 2.45) is 0 Å². The van der Waals surface area contributed by atoms with E-state index in [1.807, 2.05) is 11.0 Å². The molecule has 0 bridgehead atoms. The Balaban J connectivity index is 1.54. The summed E-state index contributed by atoms with van der Waals surface area (Å²) >= 11 is 0. The van der Waals surface area contributed by atoms with E-state index in [2.05, 4.69) is 0 Å². The Kier molecular flexibility index (Phi) is 6.62. The van der Waals surface area contributed by atoms with Crippen LogP contribution in [0.2, 0.25) is 0 Å². The van der Waals surface area contributed by atoms with Crippen LogP contribution in [0, 0.1) is 11.3 Å². The van der Waals surface area contributed by atoms with Crippen LogP contribution in [0.1, 0.15) is 11.1 Å². The minimum atomic E-state index is -4.38. The highest BCUT2D eigenvalue weighted by Crippen LogP contribution is 2.31. The lowest BCUT2D eigenvalue weighted by Gasteiger charge is -2.35. The molecule has 0 spiro atoms. The maximum absolute atomic E-state index is 12.9. The summed E-state index contributed by atoms with van der Waals surface area (Å²) in [6, 6.07) is 14.1. The van der Waals surface area contributed by atoms with Crippen molar-refractivity contribution in [3.8, 4) is 11.8 Å². The number of carbonyl (C=O) groups is 1. The van der Waals surface area contributed by atoms with E-state index in [0.29, 0.717) is 37.6 Å². The second kappa shape index (κ2) is 9.35. The first-order chi connectivity index (χ1) is 14.4. The van der Waals surface area contributed by atoms with Gasteiger partial charge in [0.05, 0.1) is 5.56 Å². The first-order valence-corrected chi connectivity index (χ1v) is 9.36. The van der Waals surface area contributed by atoms with E-state index in [9.17, 15) is 18.0 Å². The number of nitrogens with zero attached hydrogens (tertiary/aromatic N) is 3. The van der Waals surface area contributed by atoms with Crippen molar-refractivity contribution in [1.29, 1.82) is 5.26 Å². The van der Waals surface area contributed by atoms with Gasteiger partial charge < -0.3 is 14.5 Å². The highest BCUT2D eigenvalue weighted by Gasteiger charge is 2.31. The molecule has 2 aromatic rings. The summed E-state index contributed by atoms with van der Waals surface area (Å²) in [6.07, 6.45) is -1.21. The normalized spacial score (nSPS) is 14.6. The summed E-state index contributed by atoms with van der Waals surface area (Å²) < 4.78 is 43.9. The van der Waals surface area contributed by atoms with Crippen LogP contribution >= 0.6 is 0 Å². The second-order valence-corrected chi connectivity index (χ2v) is 6.71. The minimum Gasteiger partial charge on any atom is -0.479 e. The van der Waals surface area contributed by atoms with Crippen LogP contribution in [0.15, 0.2) is 54.6 Å². The highest BCUT2D eigenvalue weighted by molar-refractivity contribution is 5.92. The van der Waals surface area contributed by atoms with Gasteiger partial charge in [-0.2, -0.15) is 18.4 Å². The molecule has 0 N–H and O–H groups in total. The molecule has 1 saturated heterocycles. The van der Waals surface area contributed by atoms with Gasteiger partial charge in [0.25, 0.3) is 0 Å². The first-order valence-electron chi connectivity index (χ1n) is 9.36. The molecule has 1 aliphatic rings. The fourth-order valence-corrected chi connectivity index (χ4v) is 3.13. The summed E-state index contributed by atoms with van der Waals surface area (Å²) in [5.74, 6) is 0.425. The van der Waals surface area contributed by atoms with Crippen molar-refractivity contribution in [3.63, 3.8) is 0 Å². The zero-order valence-corrected chi connectivity index (χ0v) is 16.1. The van der Waals surface area contributed by atoms with Crippen LogP contribution < -0.4 is 9.64 Å². The molecule has 0 saturated carbocycles. The molecule has 30 heavy (non-hydrogen) atoms. The van der Waals surface area contributed by atoms with E-state index in [1.165, 1.54) is 12.1 Å². The van der Waals surface area contributed by atoms with Crippen molar-refractivity contribution in [1.82, 2.24) is 4.90 Å². The number of hydrogen-bond donors (Lipinski definition) is 0. The third kappa shape index (κ3) is 5.54. The fraction of sp³-hybridized carbons (Fsp3) is 0.273. The van der Waals surface area contributed by atoms with Crippen molar-refractivity contribution < 1.29 is 22.7 Å². The van der Waals surface area contributed by atoms with Gasteiger partial charge in [0.1, 0.15) is 11.8 Å². The van der Waals surface area contributed by atoms with E-state index in [-0.39, 0.29) is 12.5 Å². The molecule has 0 radical (unpaired) electrons. The Bertz CT molecular complexity index is 941. The Morgan fingerprint density at radius 2 is 1.80 bits per heavy atom. The minimum absolute atomic E-state index is 0.0276. The highest BCUT2D eigenvalue weighted by atomic mass is 19.4. The molecule has 156 valence electrons. The molecule has 0 aliphatic carbocycles. The number of rotatable bonds is 5. The molecular weight excluding hydrogens is 395 g/mol. The van der Waals surface area contributed by atoms with Crippen molar-refractivity contribution in [3.05, 3.63) is 65.7 Å². The van der Waals surface area contributed by atoms with Crippen molar-refractivity contribution >= 4 is 17.7 Å². The van der Waals surface area contributed by atoms with Gasteiger partial charge in [-0.25, -0.2) is 0 Å². The standard InChI is InChI=1S/C22H20F3N3O2/c23-22(24,25)18-2-1-3-19(16-18)27-11-13-28(14-12-27)21(29)9-6-17-4-7-20(8-5-17)30-15-10-26/h1-9,16H,11-15H2/b9-6+. The van der Waals surface area contributed by atoms with Gasteiger partial charge in [-0.1, -0.05) is 18.2 Å². The van der Waals surface area contributed by atoms with Gasteiger partial charge in [-0.3, -0.25) is 4.79 Å².